The number of aryl methyl sites for hydroxylation is 3. The van der Waals surface area contributed by atoms with Crippen molar-refractivity contribution < 1.29 is 13.7 Å². The van der Waals surface area contributed by atoms with Gasteiger partial charge in [0.15, 0.2) is 34.5 Å². The Bertz CT molecular complexity index is 3750. The molecule has 5 nitrogen and oxygen atoms in total. The van der Waals surface area contributed by atoms with Gasteiger partial charge in [0, 0.05) is 12.1 Å². The van der Waals surface area contributed by atoms with Crippen molar-refractivity contribution in [2.75, 3.05) is 0 Å². The van der Waals surface area contributed by atoms with Crippen molar-refractivity contribution >= 4 is 43.6 Å². The highest BCUT2D eigenvalue weighted by molar-refractivity contribution is 6.22. The number of imidazole rings is 2. The van der Waals surface area contributed by atoms with Crippen molar-refractivity contribution in [2.24, 2.45) is 21.1 Å². The van der Waals surface area contributed by atoms with Crippen LogP contribution in [0.1, 0.15) is 0 Å². The molecule has 0 aliphatic carbocycles. The van der Waals surface area contributed by atoms with Gasteiger partial charge in [0.25, 0.3) is 11.6 Å². The molecule has 0 saturated heterocycles. The number of benzene rings is 9. The highest BCUT2D eigenvalue weighted by Crippen LogP contribution is 2.45. The Balaban J connectivity index is 1.05. The first-order chi connectivity index (χ1) is 32.0. The van der Waals surface area contributed by atoms with E-state index in [0.29, 0.717) is 0 Å². The molecular weight excluding hydrogens is 791 g/mol. The van der Waals surface area contributed by atoms with Gasteiger partial charge in [-0.05, 0) is 134 Å². The molecule has 5 heteroatoms. The summed E-state index contributed by atoms with van der Waals surface area (Å²) in [5.74, 6) is 2.27. The summed E-state index contributed by atoms with van der Waals surface area (Å²) in [6.45, 7) is 0. The van der Waals surface area contributed by atoms with E-state index in [-0.39, 0.29) is 0 Å². The van der Waals surface area contributed by atoms with E-state index >= 15 is 0 Å². The average molecular weight is 837 g/mol. The summed E-state index contributed by atoms with van der Waals surface area (Å²) >= 11 is 0. The fourth-order valence-electron chi connectivity index (χ4n) is 10.2. The molecule has 0 spiro atoms. The molecule has 0 fully saturated rings. The molecular formula is C60H46N5+3. The molecule has 3 heterocycles. The van der Waals surface area contributed by atoms with Gasteiger partial charge in [0.1, 0.15) is 18.4 Å². The minimum absolute atomic E-state index is 1.13. The van der Waals surface area contributed by atoms with Gasteiger partial charge < -0.3 is 0 Å². The molecule has 0 bridgehead atoms. The topological polar surface area (TPSA) is 21.5 Å². The summed E-state index contributed by atoms with van der Waals surface area (Å²) in [6.07, 6.45) is 4.25. The number of hydrogen-bond donors (Lipinski definition) is 0. The molecule has 0 unspecified atom stereocenters. The van der Waals surface area contributed by atoms with Crippen LogP contribution in [0.5, 0.6) is 0 Å². The van der Waals surface area contributed by atoms with Gasteiger partial charge in [0.05, 0.1) is 25.2 Å². The molecule has 9 aromatic carbocycles. The molecule has 12 aromatic rings. The Hall–Kier alpha value is -8.41. The van der Waals surface area contributed by atoms with Crippen LogP contribution in [0.3, 0.4) is 0 Å². The number of fused-ring (bicyclic) bond motifs is 4. The molecule has 308 valence electrons. The third-order valence-electron chi connectivity index (χ3n) is 13.3. The van der Waals surface area contributed by atoms with E-state index in [1.165, 1.54) is 77.0 Å². The second kappa shape index (κ2) is 15.4. The fourth-order valence-corrected chi connectivity index (χ4v) is 10.2. The second-order valence-electron chi connectivity index (χ2n) is 17.0. The van der Waals surface area contributed by atoms with Crippen molar-refractivity contribution in [3.8, 4) is 67.5 Å². The lowest BCUT2D eigenvalue weighted by atomic mass is 9.84. The van der Waals surface area contributed by atoms with E-state index < -0.39 is 0 Å². The molecule has 0 aliphatic heterocycles. The Morgan fingerprint density at radius 2 is 0.692 bits per heavy atom. The summed E-state index contributed by atoms with van der Waals surface area (Å²) < 4.78 is 11.5. The molecule has 0 radical (unpaired) electrons. The van der Waals surface area contributed by atoms with Crippen molar-refractivity contribution in [3.05, 3.63) is 225 Å². The number of para-hydroxylation sites is 6. The predicted octanol–water partition coefficient (Wildman–Crippen LogP) is 12.7. The molecule has 0 N–H and O–H groups in total. The van der Waals surface area contributed by atoms with Gasteiger partial charge in [0.2, 0.25) is 0 Å². The van der Waals surface area contributed by atoms with Gasteiger partial charge in [-0.25, -0.2) is 13.7 Å². The van der Waals surface area contributed by atoms with Crippen LogP contribution in [-0.2, 0) is 21.1 Å². The van der Waals surface area contributed by atoms with Crippen molar-refractivity contribution in [3.63, 3.8) is 0 Å². The molecule has 0 saturated carbocycles. The summed E-state index contributed by atoms with van der Waals surface area (Å²) in [6, 6.07) is 77.5. The predicted molar refractivity (Wildman–Crippen MR) is 266 cm³/mol. The maximum atomic E-state index is 2.41. The fraction of sp³-hybridized carbons (Fsp3) is 0.0500. The van der Waals surface area contributed by atoms with Crippen LogP contribution in [0.15, 0.2) is 225 Å². The Labute approximate surface area is 378 Å². The van der Waals surface area contributed by atoms with Crippen LogP contribution in [0.4, 0.5) is 0 Å². The molecule has 0 atom stereocenters. The molecule has 12 rings (SSSR count). The van der Waals surface area contributed by atoms with Crippen LogP contribution in [0.2, 0.25) is 0 Å². The van der Waals surface area contributed by atoms with Crippen LogP contribution < -0.4 is 13.7 Å². The maximum absolute atomic E-state index is 2.41. The minimum atomic E-state index is 1.13. The summed E-state index contributed by atoms with van der Waals surface area (Å²) in [5.41, 5.74) is 16.5. The van der Waals surface area contributed by atoms with Gasteiger partial charge in [-0.2, -0.15) is 9.13 Å². The average Bonchev–Trinajstić information content (AvgIpc) is 3.84. The lowest BCUT2D eigenvalue weighted by Crippen LogP contribution is -2.30. The zero-order valence-corrected chi connectivity index (χ0v) is 36.6. The van der Waals surface area contributed by atoms with E-state index in [2.05, 4.69) is 269 Å². The zero-order valence-electron chi connectivity index (χ0n) is 36.6. The first-order valence-electron chi connectivity index (χ1n) is 22.3. The van der Waals surface area contributed by atoms with E-state index in [0.717, 1.165) is 34.2 Å². The van der Waals surface area contributed by atoms with Gasteiger partial charge in [-0.1, -0.05) is 121 Å². The van der Waals surface area contributed by atoms with E-state index in [9.17, 15) is 0 Å². The number of aromatic nitrogens is 5. The highest BCUT2D eigenvalue weighted by atomic mass is 15.2. The highest BCUT2D eigenvalue weighted by Gasteiger charge is 2.28. The largest absolute Gasteiger partial charge is 0.294 e. The third kappa shape index (κ3) is 6.27. The van der Waals surface area contributed by atoms with E-state index in [1.807, 2.05) is 0 Å². The quantitative estimate of drug-likeness (QED) is 0.113. The third-order valence-corrected chi connectivity index (χ3v) is 13.3. The SMILES string of the molecule is C[n+]1ccc(-c2ccc3c(-c4ccc(-c5n(-c6ccccc6)c6ccccc6[n+]5C)cc4)c4ccccc4c(-c4ccc(-c5n(-c6ccccc6)c6ccccc6[n+]5C)cc4)c3c2)cc1. The summed E-state index contributed by atoms with van der Waals surface area (Å²) in [7, 11) is 6.41. The van der Waals surface area contributed by atoms with Gasteiger partial charge in [-0.15, -0.1) is 0 Å². The smallest absolute Gasteiger partial charge is 0.225 e. The van der Waals surface area contributed by atoms with Crippen LogP contribution in [0.25, 0.3) is 111 Å². The molecule has 65 heavy (non-hydrogen) atoms. The number of pyridine rings is 1. The maximum Gasteiger partial charge on any atom is 0.294 e. The Kier molecular flexibility index (Phi) is 9.09. The summed E-state index contributed by atoms with van der Waals surface area (Å²) in [5, 5.41) is 4.90. The first-order valence-corrected chi connectivity index (χ1v) is 22.3. The van der Waals surface area contributed by atoms with Crippen molar-refractivity contribution in [2.45, 2.75) is 0 Å². The lowest BCUT2D eigenvalue weighted by molar-refractivity contribution is -0.671. The zero-order chi connectivity index (χ0) is 43.6. The molecule has 0 amide bonds. The first kappa shape index (κ1) is 38.3. The van der Waals surface area contributed by atoms with Crippen molar-refractivity contribution in [1.29, 1.82) is 0 Å². The second-order valence-corrected chi connectivity index (χ2v) is 17.0. The standard InChI is InChI=1S/C60H46N5/c1-61-38-36-41(37-39-61)46-34-35-51-52(40-46)58(43-28-32-45(33-29-43)60-63(3)54-23-13-15-25-56(54)65(60)48-18-8-5-9-19-48)50-21-11-10-20-49(50)57(51)42-26-30-44(31-27-42)59-62(2)53-22-12-14-24-55(53)64(59)47-16-6-4-7-17-47/h4-40H,1-3H3/q+3. The van der Waals surface area contributed by atoms with Crippen LogP contribution in [-0.4, -0.2) is 9.13 Å². The molecule has 0 aliphatic rings. The minimum Gasteiger partial charge on any atom is -0.225 e. The van der Waals surface area contributed by atoms with Crippen LogP contribution in [0, 0.1) is 0 Å². The van der Waals surface area contributed by atoms with Crippen molar-refractivity contribution in [1.82, 2.24) is 9.13 Å². The lowest BCUT2D eigenvalue weighted by Gasteiger charge is -2.19. The summed E-state index contributed by atoms with van der Waals surface area (Å²) in [4.78, 5) is 0. The van der Waals surface area contributed by atoms with E-state index in [1.54, 1.807) is 0 Å². The number of hydrogen-bond acceptors (Lipinski definition) is 0. The van der Waals surface area contributed by atoms with Gasteiger partial charge in [-0.3, -0.25) is 0 Å². The van der Waals surface area contributed by atoms with Crippen LogP contribution >= 0.6 is 0 Å². The van der Waals surface area contributed by atoms with E-state index in [4.69, 9.17) is 0 Å². The Morgan fingerprint density at radius 3 is 1.18 bits per heavy atom. The molecule has 3 aromatic heterocycles. The Morgan fingerprint density at radius 1 is 0.308 bits per heavy atom. The number of rotatable bonds is 7. The monoisotopic (exact) mass is 836 g/mol. The van der Waals surface area contributed by atoms with Gasteiger partial charge >= 0.3 is 0 Å². The number of nitrogens with zero attached hydrogens (tertiary/aromatic N) is 5. The normalized spacial score (nSPS) is 11.6.